The molecule has 3 rings (SSSR count). The molecule has 1 aromatic carbocycles. The van der Waals surface area contributed by atoms with E-state index in [4.69, 9.17) is 9.47 Å². The lowest BCUT2D eigenvalue weighted by molar-refractivity contribution is 0.0961. The highest BCUT2D eigenvalue weighted by atomic mass is 16.5. The summed E-state index contributed by atoms with van der Waals surface area (Å²) in [4.78, 5) is 11.5. The number of aromatic nitrogens is 2. The average Bonchev–Trinajstić information content (AvgIpc) is 2.99. The Morgan fingerprint density at radius 2 is 2.25 bits per heavy atom. The molecule has 0 atom stereocenters. The van der Waals surface area contributed by atoms with Gasteiger partial charge in [-0.25, -0.2) is 0 Å². The first-order chi connectivity index (χ1) is 9.67. The monoisotopic (exact) mass is 272 g/mol. The van der Waals surface area contributed by atoms with Gasteiger partial charge in [0.05, 0.1) is 17.0 Å². The molecule has 0 N–H and O–H groups in total. The number of carbonyl (C=O) groups excluding carboxylic acids is 1. The number of ketones is 1. The summed E-state index contributed by atoms with van der Waals surface area (Å²) < 4.78 is 13.0. The van der Waals surface area contributed by atoms with Crippen molar-refractivity contribution in [2.75, 3.05) is 6.61 Å². The number of aryl methyl sites for hydroxylation is 2. The largest absolute Gasteiger partial charge is 0.487 e. The summed E-state index contributed by atoms with van der Waals surface area (Å²) in [6.45, 7) is 5.39. The van der Waals surface area contributed by atoms with Crippen LogP contribution >= 0.6 is 0 Å². The van der Waals surface area contributed by atoms with E-state index in [-0.39, 0.29) is 12.4 Å². The molecule has 104 valence electrons. The maximum atomic E-state index is 11.5. The predicted octanol–water partition coefficient (Wildman–Crippen LogP) is 2.37. The number of hydrogen-bond donors (Lipinski definition) is 0. The summed E-state index contributed by atoms with van der Waals surface area (Å²) in [6.07, 6.45) is 0. The highest BCUT2D eigenvalue weighted by Gasteiger charge is 2.21. The molecule has 0 aliphatic carbocycles. The van der Waals surface area contributed by atoms with Gasteiger partial charge in [-0.3, -0.25) is 9.48 Å². The van der Waals surface area contributed by atoms with Crippen LogP contribution in [-0.2, 0) is 13.2 Å². The zero-order valence-corrected chi connectivity index (χ0v) is 11.5. The van der Waals surface area contributed by atoms with Gasteiger partial charge in [0.1, 0.15) is 18.1 Å². The molecule has 0 fully saturated rings. The molecule has 1 aliphatic rings. The second-order valence-corrected chi connectivity index (χ2v) is 4.75. The highest BCUT2D eigenvalue weighted by Crippen LogP contribution is 2.29. The van der Waals surface area contributed by atoms with E-state index >= 15 is 0 Å². The van der Waals surface area contributed by atoms with Crippen LogP contribution in [0.25, 0.3) is 0 Å². The molecular formula is C15H16N2O3. The Balaban J connectivity index is 1.74. The van der Waals surface area contributed by atoms with Gasteiger partial charge in [0.25, 0.3) is 0 Å². The topological polar surface area (TPSA) is 53.4 Å². The molecule has 0 radical (unpaired) electrons. The number of nitrogens with zero attached hydrogens (tertiary/aromatic N) is 2. The maximum Gasteiger partial charge on any atom is 0.203 e. The number of hydrogen-bond acceptors (Lipinski definition) is 4. The number of benzene rings is 1. The van der Waals surface area contributed by atoms with Gasteiger partial charge in [-0.15, -0.1) is 0 Å². The van der Waals surface area contributed by atoms with Gasteiger partial charge in [-0.1, -0.05) is 0 Å². The van der Waals surface area contributed by atoms with E-state index in [1.807, 2.05) is 24.6 Å². The molecule has 5 nitrogen and oxygen atoms in total. The zero-order chi connectivity index (χ0) is 14.1. The molecule has 0 saturated carbocycles. The maximum absolute atomic E-state index is 11.5. The van der Waals surface area contributed by atoms with E-state index in [0.29, 0.717) is 23.7 Å². The van der Waals surface area contributed by atoms with Gasteiger partial charge < -0.3 is 9.47 Å². The van der Waals surface area contributed by atoms with Crippen LogP contribution in [0, 0.1) is 6.92 Å². The minimum atomic E-state index is 0.0197. The van der Waals surface area contributed by atoms with Crippen molar-refractivity contribution in [3.05, 3.63) is 41.2 Å². The van der Waals surface area contributed by atoms with E-state index in [0.717, 1.165) is 17.9 Å². The summed E-state index contributed by atoms with van der Waals surface area (Å²) in [6, 6.07) is 7.32. The lowest BCUT2D eigenvalue weighted by Gasteiger charge is -2.08. The second-order valence-electron chi connectivity index (χ2n) is 4.75. The van der Waals surface area contributed by atoms with Crippen molar-refractivity contribution < 1.29 is 14.3 Å². The zero-order valence-electron chi connectivity index (χ0n) is 11.5. The molecule has 0 spiro atoms. The van der Waals surface area contributed by atoms with Gasteiger partial charge in [0, 0.05) is 12.6 Å². The van der Waals surface area contributed by atoms with Crippen molar-refractivity contribution in [2.24, 2.45) is 0 Å². The van der Waals surface area contributed by atoms with E-state index < -0.39 is 0 Å². The summed E-state index contributed by atoms with van der Waals surface area (Å²) in [5.74, 6) is 1.32. The van der Waals surface area contributed by atoms with Gasteiger partial charge in [0.2, 0.25) is 5.78 Å². The van der Waals surface area contributed by atoms with Gasteiger partial charge in [0.15, 0.2) is 6.61 Å². The van der Waals surface area contributed by atoms with Crippen molar-refractivity contribution in [1.82, 2.24) is 9.78 Å². The van der Waals surface area contributed by atoms with Crippen molar-refractivity contribution in [2.45, 2.75) is 27.0 Å². The van der Waals surface area contributed by atoms with Crippen LogP contribution in [0.2, 0.25) is 0 Å². The van der Waals surface area contributed by atoms with Crippen LogP contribution in [0.5, 0.6) is 11.5 Å². The van der Waals surface area contributed by atoms with Gasteiger partial charge in [-0.05, 0) is 32.0 Å². The standard InChI is InChI=1S/C15H16N2O3/c1-3-17-11(6-10(2)16-17)8-19-12-4-5-13-14(18)9-20-15(13)7-12/h4-7H,3,8-9H2,1-2H3. The lowest BCUT2D eigenvalue weighted by Crippen LogP contribution is -2.06. The number of fused-ring (bicyclic) bond motifs is 1. The van der Waals surface area contributed by atoms with Crippen LogP contribution < -0.4 is 9.47 Å². The van der Waals surface area contributed by atoms with Crippen LogP contribution in [0.4, 0.5) is 0 Å². The lowest BCUT2D eigenvalue weighted by atomic mass is 10.1. The molecule has 5 heteroatoms. The number of carbonyl (C=O) groups is 1. The molecular weight excluding hydrogens is 256 g/mol. The predicted molar refractivity (Wildman–Crippen MR) is 73.2 cm³/mol. The molecule has 0 unspecified atom stereocenters. The highest BCUT2D eigenvalue weighted by molar-refractivity contribution is 6.02. The Morgan fingerprint density at radius 1 is 1.40 bits per heavy atom. The number of rotatable bonds is 4. The van der Waals surface area contributed by atoms with E-state index in [2.05, 4.69) is 5.10 Å². The molecule has 1 aromatic heterocycles. The van der Waals surface area contributed by atoms with Crippen LogP contribution in [0.1, 0.15) is 28.7 Å². The molecule has 0 saturated heterocycles. The molecule has 20 heavy (non-hydrogen) atoms. The Hall–Kier alpha value is -2.30. The van der Waals surface area contributed by atoms with Crippen molar-refractivity contribution >= 4 is 5.78 Å². The third kappa shape index (κ3) is 2.27. The van der Waals surface area contributed by atoms with Crippen molar-refractivity contribution in [3.8, 4) is 11.5 Å². The Bertz CT molecular complexity index is 661. The Morgan fingerprint density at radius 3 is 3.05 bits per heavy atom. The minimum absolute atomic E-state index is 0.0197. The van der Waals surface area contributed by atoms with Crippen LogP contribution in [0.3, 0.4) is 0 Å². The first-order valence-electron chi connectivity index (χ1n) is 6.63. The van der Waals surface area contributed by atoms with Crippen LogP contribution in [-0.4, -0.2) is 22.2 Å². The van der Waals surface area contributed by atoms with Crippen molar-refractivity contribution in [1.29, 1.82) is 0 Å². The SMILES string of the molecule is CCn1nc(C)cc1COc1ccc2c(c1)OCC2=O. The normalized spacial score (nSPS) is 13.2. The molecule has 0 amide bonds. The third-order valence-electron chi connectivity index (χ3n) is 3.28. The Kier molecular flexibility index (Phi) is 3.18. The van der Waals surface area contributed by atoms with E-state index in [9.17, 15) is 4.79 Å². The van der Waals surface area contributed by atoms with Gasteiger partial charge >= 0.3 is 0 Å². The third-order valence-corrected chi connectivity index (χ3v) is 3.28. The van der Waals surface area contributed by atoms with Gasteiger partial charge in [-0.2, -0.15) is 5.10 Å². The summed E-state index contributed by atoms with van der Waals surface area (Å²) in [5, 5.41) is 4.38. The number of Topliss-reactive ketones (excluding diaryl/α,β-unsaturated/α-hetero) is 1. The minimum Gasteiger partial charge on any atom is -0.487 e. The first-order valence-corrected chi connectivity index (χ1v) is 6.63. The smallest absolute Gasteiger partial charge is 0.203 e. The summed E-state index contributed by atoms with van der Waals surface area (Å²) >= 11 is 0. The fraction of sp³-hybridized carbons (Fsp3) is 0.333. The van der Waals surface area contributed by atoms with E-state index in [1.165, 1.54) is 0 Å². The molecule has 0 bridgehead atoms. The molecule has 1 aliphatic heterocycles. The second kappa shape index (κ2) is 5.00. The summed E-state index contributed by atoms with van der Waals surface area (Å²) in [7, 11) is 0. The molecule has 2 heterocycles. The quantitative estimate of drug-likeness (QED) is 0.857. The average molecular weight is 272 g/mol. The fourth-order valence-electron chi connectivity index (χ4n) is 2.31. The van der Waals surface area contributed by atoms with E-state index in [1.54, 1.807) is 18.2 Å². The summed E-state index contributed by atoms with van der Waals surface area (Å²) in [5.41, 5.74) is 2.64. The number of ether oxygens (including phenoxy) is 2. The molecule has 2 aromatic rings. The van der Waals surface area contributed by atoms with Crippen molar-refractivity contribution in [3.63, 3.8) is 0 Å². The fourth-order valence-corrected chi connectivity index (χ4v) is 2.31. The first kappa shape index (κ1) is 12.7. The van der Waals surface area contributed by atoms with Crippen LogP contribution in [0.15, 0.2) is 24.3 Å². The Labute approximate surface area is 117 Å².